The molecule has 3 aliphatic rings. The third-order valence-electron chi connectivity index (χ3n) is 5.56. The fourth-order valence-electron chi connectivity index (χ4n) is 4.12. The Bertz CT molecular complexity index is 738. The fourth-order valence-corrected chi connectivity index (χ4v) is 4.12. The van der Waals surface area contributed by atoms with Gasteiger partial charge in [-0.15, -0.1) is 0 Å². The number of aryl methyl sites for hydroxylation is 1. The van der Waals surface area contributed by atoms with Crippen LogP contribution in [0.15, 0.2) is 36.4 Å². The van der Waals surface area contributed by atoms with Gasteiger partial charge in [0.05, 0.1) is 24.3 Å². The third kappa shape index (κ3) is 2.77. The highest BCUT2D eigenvalue weighted by Gasteiger charge is 2.52. The highest BCUT2D eigenvalue weighted by molar-refractivity contribution is 6.06. The predicted molar refractivity (Wildman–Crippen MR) is 92.5 cm³/mol. The van der Waals surface area contributed by atoms with E-state index < -0.39 is 0 Å². The summed E-state index contributed by atoms with van der Waals surface area (Å²) in [7, 11) is 0. The number of benzene rings is 1. The first-order valence-electron chi connectivity index (χ1n) is 8.90. The molecule has 130 valence electrons. The molecule has 2 saturated heterocycles. The molecule has 0 radical (unpaired) electrons. The summed E-state index contributed by atoms with van der Waals surface area (Å²) in [5.74, 6) is -0.408. The summed E-state index contributed by atoms with van der Waals surface area (Å²) in [6.07, 6.45) is 5.68. The molecule has 5 nitrogen and oxygen atoms in total. The number of allylic oxidation sites excluding steroid dienone is 2. The summed E-state index contributed by atoms with van der Waals surface area (Å²) in [5, 5.41) is 0. The molecule has 5 heteroatoms. The van der Waals surface area contributed by atoms with Gasteiger partial charge in [-0.3, -0.25) is 19.3 Å². The van der Waals surface area contributed by atoms with Gasteiger partial charge >= 0.3 is 0 Å². The van der Waals surface area contributed by atoms with Crippen LogP contribution in [0.3, 0.4) is 0 Å². The number of imide groups is 1. The third-order valence-corrected chi connectivity index (χ3v) is 5.56. The molecular formula is C20H22N2O3. The monoisotopic (exact) mass is 338 g/mol. The van der Waals surface area contributed by atoms with Crippen LogP contribution in [0, 0.1) is 18.8 Å². The van der Waals surface area contributed by atoms with Crippen molar-refractivity contribution in [3.05, 3.63) is 47.5 Å². The topological polar surface area (TPSA) is 57.7 Å². The van der Waals surface area contributed by atoms with Crippen molar-refractivity contribution in [2.75, 3.05) is 13.1 Å². The van der Waals surface area contributed by atoms with Crippen molar-refractivity contribution in [2.24, 2.45) is 11.8 Å². The second-order valence-electron chi connectivity index (χ2n) is 7.32. The number of amides is 3. The van der Waals surface area contributed by atoms with Crippen molar-refractivity contribution in [3.63, 3.8) is 0 Å². The van der Waals surface area contributed by atoms with Crippen LogP contribution in [0.4, 0.5) is 0 Å². The molecule has 0 unspecified atom stereocenters. The second kappa shape index (κ2) is 6.14. The van der Waals surface area contributed by atoms with Gasteiger partial charge in [0, 0.05) is 13.1 Å². The van der Waals surface area contributed by atoms with E-state index in [1.54, 1.807) is 4.90 Å². The van der Waals surface area contributed by atoms with Crippen LogP contribution in [0.2, 0.25) is 0 Å². The van der Waals surface area contributed by atoms with E-state index in [0.717, 1.165) is 11.1 Å². The van der Waals surface area contributed by atoms with Gasteiger partial charge < -0.3 is 4.90 Å². The van der Waals surface area contributed by atoms with Crippen LogP contribution in [0.5, 0.6) is 0 Å². The summed E-state index contributed by atoms with van der Waals surface area (Å²) in [6, 6.07) is 7.78. The van der Waals surface area contributed by atoms with Crippen molar-refractivity contribution >= 4 is 17.7 Å². The van der Waals surface area contributed by atoms with E-state index >= 15 is 0 Å². The number of hydrogen-bond donors (Lipinski definition) is 0. The lowest BCUT2D eigenvalue weighted by molar-refractivity contribution is -0.152. The maximum atomic E-state index is 12.6. The van der Waals surface area contributed by atoms with Crippen LogP contribution < -0.4 is 0 Å². The summed E-state index contributed by atoms with van der Waals surface area (Å²) in [6.45, 7) is 2.94. The molecule has 3 amide bonds. The molecular weight excluding hydrogens is 316 g/mol. The van der Waals surface area contributed by atoms with Crippen molar-refractivity contribution < 1.29 is 14.4 Å². The van der Waals surface area contributed by atoms with Crippen molar-refractivity contribution in [3.8, 4) is 0 Å². The van der Waals surface area contributed by atoms with E-state index in [2.05, 4.69) is 0 Å². The van der Waals surface area contributed by atoms with Gasteiger partial charge in [-0.2, -0.15) is 0 Å². The number of rotatable bonds is 3. The molecule has 2 atom stereocenters. The molecule has 0 bridgehead atoms. The SMILES string of the molecule is Cc1cccc(CC(=O)N2CC(N3C(=O)[C@@H]4CC=CC[C@H]4C3=O)C2)c1. The second-order valence-corrected chi connectivity index (χ2v) is 7.32. The zero-order valence-electron chi connectivity index (χ0n) is 14.4. The summed E-state index contributed by atoms with van der Waals surface area (Å²) < 4.78 is 0. The van der Waals surface area contributed by atoms with E-state index in [9.17, 15) is 14.4 Å². The normalized spacial score (nSPS) is 26.0. The standard InChI is InChI=1S/C20H22N2O3/c1-13-5-4-6-14(9-13)10-18(23)21-11-15(12-21)22-19(24)16-7-2-3-8-17(16)20(22)25/h2-6,9,15-17H,7-8,10-12H2,1H3/t16-,17-/m1/s1. The number of carbonyl (C=O) groups is 3. The maximum Gasteiger partial charge on any atom is 0.233 e. The molecule has 0 saturated carbocycles. The Kier molecular flexibility index (Phi) is 3.94. The molecule has 2 aliphatic heterocycles. The Morgan fingerprint density at radius 2 is 1.72 bits per heavy atom. The van der Waals surface area contributed by atoms with Crippen LogP contribution in [-0.2, 0) is 20.8 Å². The molecule has 4 rings (SSSR count). The van der Waals surface area contributed by atoms with E-state index in [1.807, 2.05) is 43.3 Å². The molecule has 0 N–H and O–H groups in total. The largest absolute Gasteiger partial charge is 0.338 e. The van der Waals surface area contributed by atoms with E-state index in [4.69, 9.17) is 0 Å². The predicted octanol–water partition coefficient (Wildman–Crippen LogP) is 1.70. The smallest absolute Gasteiger partial charge is 0.233 e. The molecule has 2 fully saturated rings. The summed E-state index contributed by atoms with van der Waals surface area (Å²) in [4.78, 5) is 40.7. The molecule has 1 aliphatic carbocycles. The highest BCUT2D eigenvalue weighted by atomic mass is 16.2. The Morgan fingerprint density at radius 1 is 1.08 bits per heavy atom. The molecule has 0 spiro atoms. The van der Waals surface area contributed by atoms with E-state index in [-0.39, 0.29) is 35.6 Å². The van der Waals surface area contributed by atoms with Gasteiger partial charge in [-0.1, -0.05) is 42.0 Å². The van der Waals surface area contributed by atoms with Gasteiger partial charge in [0.25, 0.3) is 0 Å². The van der Waals surface area contributed by atoms with Crippen molar-refractivity contribution in [2.45, 2.75) is 32.2 Å². The van der Waals surface area contributed by atoms with Crippen molar-refractivity contribution in [1.29, 1.82) is 0 Å². The lowest BCUT2D eigenvalue weighted by Crippen LogP contribution is -2.62. The quantitative estimate of drug-likeness (QED) is 0.623. The number of carbonyl (C=O) groups excluding carboxylic acids is 3. The first kappa shape index (κ1) is 16.1. The van der Waals surface area contributed by atoms with Crippen LogP contribution >= 0.6 is 0 Å². The number of nitrogens with zero attached hydrogens (tertiary/aromatic N) is 2. The number of hydrogen-bond acceptors (Lipinski definition) is 3. The Balaban J connectivity index is 1.36. The first-order chi connectivity index (χ1) is 12.0. The van der Waals surface area contributed by atoms with Gasteiger partial charge in [0.1, 0.15) is 0 Å². The maximum absolute atomic E-state index is 12.6. The van der Waals surface area contributed by atoms with Gasteiger partial charge in [-0.25, -0.2) is 0 Å². The average molecular weight is 338 g/mol. The minimum absolute atomic E-state index is 0.0462. The van der Waals surface area contributed by atoms with Crippen LogP contribution in [0.1, 0.15) is 24.0 Å². The zero-order valence-corrected chi connectivity index (χ0v) is 14.4. The molecule has 1 aromatic carbocycles. The van der Waals surface area contributed by atoms with Crippen molar-refractivity contribution in [1.82, 2.24) is 9.80 Å². The zero-order chi connectivity index (χ0) is 17.6. The summed E-state index contributed by atoms with van der Waals surface area (Å²) in [5.41, 5.74) is 2.13. The Labute approximate surface area is 147 Å². The number of likely N-dealkylation sites (tertiary alicyclic amines) is 2. The summed E-state index contributed by atoms with van der Waals surface area (Å²) >= 11 is 0. The molecule has 1 aromatic rings. The van der Waals surface area contributed by atoms with Gasteiger partial charge in [-0.05, 0) is 25.3 Å². The van der Waals surface area contributed by atoms with Crippen LogP contribution in [-0.4, -0.2) is 46.7 Å². The molecule has 2 heterocycles. The van der Waals surface area contributed by atoms with E-state index in [1.165, 1.54) is 4.90 Å². The first-order valence-corrected chi connectivity index (χ1v) is 8.90. The minimum atomic E-state index is -0.186. The average Bonchev–Trinajstić information content (AvgIpc) is 2.79. The Hall–Kier alpha value is -2.43. The molecule has 25 heavy (non-hydrogen) atoms. The Morgan fingerprint density at radius 3 is 2.32 bits per heavy atom. The minimum Gasteiger partial charge on any atom is -0.338 e. The lowest BCUT2D eigenvalue weighted by Gasteiger charge is -2.43. The van der Waals surface area contributed by atoms with E-state index in [0.29, 0.717) is 32.4 Å². The highest BCUT2D eigenvalue weighted by Crippen LogP contribution is 2.37. The molecule has 0 aromatic heterocycles. The van der Waals surface area contributed by atoms with Gasteiger partial charge in [0.15, 0.2) is 0 Å². The number of fused-ring (bicyclic) bond motifs is 1. The van der Waals surface area contributed by atoms with Crippen LogP contribution in [0.25, 0.3) is 0 Å². The fraction of sp³-hybridized carbons (Fsp3) is 0.450. The van der Waals surface area contributed by atoms with Gasteiger partial charge in [0.2, 0.25) is 17.7 Å². The lowest BCUT2D eigenvalue weighted by atomic mass is 9.85.